The maximum absolute atomic E-state index is 12.4. The quantitative estimate of drug-likeness (QED) is 0.628. The second-order valence-electron chi connectivity index (χ2n) is 6.78. The van der Waals surface area contributed by atoms with E-state index in [0.717, 1.165) is 41.0 Å². The van der Waals surface area contributed by atoms with Crippen LogP contribution in [0, 0.1) is 13.8 Å². The molecule has 3 aromatic rings. The Morgan fingerprint density at radius 1 is 1.07 bits per heavy atom. The van der Waals surface area contributed by atoms with E-state index in [4.69, 9.17) is 5.73 Å². The fourth-order valence-electron chi connectivity index (χ4n) is 3.37. The Morgan fingerprint density at radius 2 is 1.78 bits per heavy atom. The van der Waals surface area contributed by atoms with Gasteiger partial charge in [0.2, 0.25) is 0 Å². The summed E-state index contributed by atoms with van der Waals surface area (Å²) in [6.45, 7) is 6.75. The molecule has 6 nitrogen and oxygen atoms in total. The normalized spacial score (nSPS) is 12.0. The smallest absolute Gasteiger partial charge is 0.178 e. The largest absolute Gasteiger partial charge is 0.382 e. The predicted molar refractivity (Wildman–Crippen MR) is 109 cm³/mol. The summed E-state index contributed by atoms with van der Waals surface area (Å²) in [4.78, 5) is 9.43. The van der Waals surface area contributed by atoms with Gasteiger partial charge in [0, 0.05) is 18.7 Å². The molecule has 7 heteroatoms. The van der Waals surface area contributed by atoms with Gasteiger partial charge in [-0.05, 0) is 44.4 Å². The highest BCUT2D eigenvalue weighted by molar-refractivity contribution is 7.91. The van der Waals surface area contributed by atoms with Gasteiger partial charge in [-0.15, -0.1) is 0 Å². The third-order valence-corrected chi connectivity index (χ3v) is 6.76. The molecule has 0 radical (unpaired) electrons. The molecule has 0 aliphatic carbocycles. The molecule has 3 rings (SSSR count). The lowest BCUT2D eigenvalue weighted by atomic mass is 10.2. The summed E-state index contributed by atoms with van der Waals surface area (Å²) < 4.78 is 27.0. The zero-order valence-corrected chi connectivity index (χ0v) is 16.9. The van der Waals surface area contributed by atoms with Crippen LogP contribution in [0.4, 0.5) is 5.82 Å². The van der Waals surface area contributed by atoms with Gasteiger partial charge < -0.3 is 10.3 Å². The molecule has 0 bridgehead atoms. The van der Waals surface area contributed by atoms with Crippen molar-refractivity contribution in [2.75, 3.05) is 11.5 Å². The number of pyridine rings is 1. The van der Waals surface area contributed by atoms with E-state index in [-0.39, 0.29) is 5.75 Å². The van der Waals surface area contributed by atoms with Gasteiger partial charge >= 0.3 is 0 Å². The highest BCUT2D eigenvalue weighted by Crippen LogP contribution is 2.26. The number of sulfone groups is 1. The van der Waals surface area contributed by atoms with Gasteiger partial charge in [0.25, 0.3) is 0 Å². The Labute approximate surface area is 160 Å². The lowest BCUT2D eigenvalue weighted by molar-refractivity contribution is 0.581. The topological polar surface area (TPSA) is 90.9 Å². The monoisotopic (exact) mass is 386 g/mol. The molecular weight excluding hydrogens is 360 g/mol. The van der Waals surface area contributed by atoms with E-state index < -0.39 is 9.84 Å². The third-order valence-electron chi connectivity index (χ3n) is 4.94. The van der Waals surface area contributed by atoms with Gasteiger partial charge in [0.15, 0.2) is 15.7 Å². The van der Waals surface area contributed by atoms with Crippen LogP contribution in [0.1, 0.15) is 36.8 Å². The number of rotatable bonds is 7. The van der Waals surface area contributed by atoms with Gasteiger partial charge in [-0.1, -0.05) is 25.1 Å². The first-order valence-corrected chi connectivity index (χ1v) is 10.9. The summed E-state index contributed by atoms with van der Waals surface area (Å²) in [7, 11) is -3.24. The molecule has 2 aromatic heterocycles. The molecular formula is C20H26N4O2S. The fourth-order valence-corrected chi connectivity index (χ4v) is 4.76. The number of hydrogen-bond acceptors (Lipinski definition) is 5. The summed E-state index contributed by atoms with van der Waals surface area (Å²) in [6.07, 6.45) is 2.14. The Morgan fingerprint density at radius 3 is 2.44 bits per heavy atom. The molecule has 2 N–H and O–H groups in total. The number of nitrogen functional groups attached to an aromatic ring is 1. The van der Waals surface area contributed by atoms with Crippen LogP contribution < -0.4 is 5.73 Å². The molecule has 0 saturated carbocycles. The maximum Gasteiger partial charge on any atom is 0.178 e. The van der Waals surface area contributed by atoms with Gasteiger partial charge in [-0.25, -0.2) is 18.4 Å². The van der Waals surface area contributed by atoms with Crippen LogP contribution in [0.3, 0.4) is 0 Å². The van der Waals surface area contributed by atoms with E-state index in [9.17, 15) is 8.42 Å². The first kappa shape index (κ1) is 19.4. The van der Waals surface area contributed by atoms with Crippen molar-refractivity contribution < 1.29 is 8.42 Å². The SMILES string of the molecule is CCc1nc2c(N)nc(C)c(C)c2n1CCCCS(=O)(=O)c1ccccc1. The molecule has 0 amide bonds. The zero-order valence-electron chi connectivity index (χ0n) is 16.1. The van der Waals surface area contributed by atoms with Gasteiger partial charge in [-0.2, -0.15) is 0 Å². The maximum atomic E-state index is 12.4. The average molecular weight is 387 g/mol. The van der Waals surface area contributed by atoms with Crippen molar-refractivity contribution in [3.63, 3.8) is 0 Å². The van der Waals surface area contributed by atoms with Crippen molar-refractivity contribution in [1.29, 1.82) is 0 Å². The minimum absolute atomic E-state index is 0.146. The van der Waals surface area contributed by atoms with E-state index in [1.54, 1.807) is 24.3 Å². The summed E-state index contributed by atoms with van der Waals surface area (Å²) >= 11 is 0. The van der Waals surface area contributed by atoms with Crippen LogP contribution >= 0.6 is 0 Å². The summed E-state index contributed by atoms with van der Waals surface area (Å²) in [6, 6.07) is 8.62. The molecule has 0 spiro atoms. The van der Waals surface area contributed by atoms with Crippen molar-refractivity contribution in [1.82, 2.24) is 14.5 Å². The molecule has 0 aliphatic heterocycles. The number of nitrogens with zero attached hydrogens (tertiary/aromatic N) is 3. The van der Waals surface area contributed by atoms with Crippen LogP contribution in [0.25, 0.3) is 11.0 Å². The fraction of sp³-hybridized carbons (Fsp3) is 0.400. The Bertz CT molecular complexity index is 1060. The molecule has 144 valence electrons. The summed E-state index contributed by atoms with van der Waals surface area (Å²) in [5.41, 5.74) is 9.80. The number of benzene rings is 1. The number of fused-ring (bicyclic) bond motifs is 1. The average Bonchev–Trinajstić information content (AvgIpc) is 3.03. The van der Waals surface area contributed by atoms with Crippen molar-refractivity contribution >= 4 is 26.7 Å². The molecule has 2 heterocycles. The minimum atomic E-state index is -3.24. The van der Waals surface area contributed by atoms with E-state index in [1.165, 1.54) is 0 Å². The highest BCUT2D eigenvalue weighted by Gasteiger charge is 2.17. The Hall–Kier alpha value is -2.41. The van der Waals surface area contributed by atoms with Crippen LogP contribution in [0.2, 0.25) is 0 Å². The van der Waals surface area contributed by atoms with Gasteiger partial charge in [0.05, 0.1) is 16.2 Å². The molecule has 0 saturated heterocycles. The van der Waals surface area contributed by atoms with Crippen LogP contribution in [-0.4, -0.2) is 28.7 Å². The number of nitrogens with two attached hydrogens (primary N) is 1. The number of imidazole rings is 1. The number of hydrogen-bond donors (Lipinski definition) is 1. The van der Waals surface area contributed by atoms with E-state index >= 15 is 0 Å². The van der Waals surface area contributed by atoms with Crippen molar-refractivity contribution in [3.8, 4) is 0 Å². The lowest BCUT2D eigenvalue weighted by Gasteiger charge is -2.11. The van der Waals surface area contributed by atoms with Crippen molar-refractivity contribution in [3.05, 3.63) is 47.4 Å². The Kier molecular flexibility index (Phi) is 5.51. The van der Waals surface area contributed by atoms with Gasteiger partial charge in [0.1, 0.15) is 11.3 Å². The lowest BCUT2D eigenvalue weighted by Crippen LogP contribution is -2.09. The zero-order chi connectivity index (χ0) is 19.6. The first-order valence-electron chi connectivity index (χ1n) is 9.24. The molecule has 0 atom stereocenters. The second-order valence-corrected chi connectivity index (χ2v) is 8.89. The van der Waals surface area contributed by atoms with Crippen LogP contribution in [0.15, 0.2) is 35.2 Å². The van der Waals surface area contributed by atoms with Crippen molar-refractivity contribution in [2.24, 2.45) is 0 Å². The van der Waals surface area contributed by atoms with Crippen molar-refractivity contribution in [2.45, 2.75) is 51.5 Å². The predicted octanol–water partition coefficient (Wildman–Crippen LogP) is 3.45. The number of unbranched alkanes of at least 4 members (excludes halogenated alkanes) is 1. The van der Waals surface area contributed by atoms with E-state index in [0.29, 0.717) is 23.7 Å². The number of aromatic nitrogens is 3. The summed E-state index contributed by atoms with van der Waals surface area (Å²) in [5.74, 6) is 1.55. The molecule has 0 fully saturated rings. The Balaban J connectivity index is 1.78. The number of anilines is 1. The number of aryl methyl sites for hydroxylation is 4. The molecule has 0 unspecified atom stereocenters. The minimum Gasteiger partial charge on any atom is -0.382 e. The third kappa shape index (κ3) is 3.83. The van der Waals surface area contributed by atoms with E-state index in [2.05, 4.69) is 21.5 Å². The summed E-state index contributed by atoms with van der Waals surface area (Å²) in [5, 5.41) is 0. The van der Waals surface area contributed by atoms with Crippen LogP contribution in [-0.2, 0) is 22.8 Å². The first-order chi connectivity index (χ1) is 12.8. The molecule has 27 heavy (non-hydrogen) atoms. The van der Waals surface area contributed by atoms with Crippen LogP contribution in [0.5, 0.6) is 0 Å². The highest BCUT2D eigenvalue weighted by atomic mass is 32.2. The molecule has 0 aliphatic rings. The molecule has 1 aromatic carbocycles. The van der Waals surface area contributed by atoms with Gasteiger partial charge in [-0.3, -0.25) is 0 Å². The standard InChI is InChI=1S/C20H26N4O2S/c1-4-17-23-18-19(14(2)15(3)22-20(18)21)24(17)12-8-9-13-27(25,26)16-10-6-5-7-11-16/h5-7,10-11H,4,8-9,12-13H2,1-3H3,(H2,21,22). The second kappa shape index (κ2) is 7.68. The van der Waals surface area contributed by atoms with E-state index in [1.807, 2.05) is 19.9 Å².